The van der Waals surface area contributed by atoms with Crippen LogP contribution in [0.5, 0.6) is 0 Å². The van der Waals surface area contributed by atoms with E-state index in [0.29, 0.717) is 22.9 Å². The van der Waals surface area contributed by atoms with Gasteiger partial charge in [0.15, 0.2) is 11.5 Å². The molecule has 0 aliphatic carbocycles. The van der Waals surface area contributed by atoms with Crippen LogP contribution >= 0.6 is 0 Å². The van der Waals surface area contributed by atoms with Crippen LogP contribution in [0.2, 0.25) is 0 Å². The highest BCUT2D eigenvalue weighted by atomic mass is 19.1. The summed E-state index contributed by atoms with van der Waals surface area (Å²) in [6.45, 7) is 1.90. The minimum Gasteiger partial charge on any atom is -0.339 e. The van der Waals surface area contributed by atoms with Gasteiger partial charge < -0.3 is 5.32 Å². The van der Waals surface area contributed by atoms with Crippen LogP contribution in [-0.2, 0) is 7.05 Å². The summed E-state index contributed by atoms with van der Waals surface area (Å²) in [6.07, 6.45) is 3.38. The van der Waals surface area contributed by atoms with Crippen molar-refractivity contribution in [3.8, 4) is 11.4 Å². The van der Waals surface area contributed by atoms with Gasteiger partial charge in [0.25, 0.3) is 0 Å². The quantitative estimate of drug-likeness (QED) is 0.620. The van der Waals surface area contributed by atoms with Crippen LogP contribution in [0.15, 0.2) is 48.8 Å². The largest absolute Gasteiger partial charge is 0.339 e. The molecule has 6 nitrogen and oxygen atoms in total. The second-order valence-electron chi connectivity index (χ2n) is 5.64. The van der Waals surface area contributed by atoms with Gasteiger partial charge in [0.2, 0.25) is 0 Å². The minimum atomic E-state index is -0.365. The molecule has 0 fully saturated rings. The topological polar surface area (TPSA) is 68.5 Å². The van der Waals surface area contributed by atoms with E-state index in [1.807, 2.05) is 26.1 Å². The average Bonchev–Trinajstić information content (AvgIpc) is 2.90. The summed E-state index contributed by atoms with van der Waals surface area (Å²) < 4.78 is 15.9. The standard InChI is InChI=1S/C18H15FN6/c1-11-15-17(21-12-7-9-20-10-8-12)22-16(23-18(15)25(2)24-11)13-5-3-4-6-14(13)19/h3-10H,1-2H3,(H,20,21,22,23). The summed E-state index contributed by atoms with van der Waals surface area (Å²) in [5.41, 5.74) is 2.62. The summed E-state index contributed by atoms with van der Waals surface area (Å²) >= 11 is 0. The summed E-state index contributed by atoms with van der Waals surface area (Å²) in [5.74, 6) is 0.529. The number of pyridine rings is 1. The maximum atomic E-state index is 14.2. The zero-order chi connectivity index (χ0) is 17.4. The van der Waals surface area contributed by atoms with Crippen molar-refractivity contribution in [1.29, 1.82) is 0 Å². The van der Waals surface area contributed by atoms with E-state index in [1.54, 1.807) is 35.3 Å². The molecule has 1 N–H and O–H groups in total. The van der Waals surface area contributed by atoms with Crippen molar-refractivity contribution >= 4 is 22.5 Å². The highest BCUT2D eigenvalue weighted by Crippen LogP contribution is 2.29. The van der Waals surface area contributed by atoms with Gasteiger partial charge in [0.1, 0.15) is 11.6 Å². The molecule has 0 saturated carbocycles. The van der Waals surface area contributed by atoms with Crippen molar-refractivity contribution in [2.75, 3.05) is 5.32 Å². The van der Waals surface area contributed by atoms with Crippen LogP contribution in [0.3, 0.4) is 0 Å². The van der Waals surface area contributed by atoms with E-state index in [9.17, 15) is 4.39 Å². The number of nitrogens with zero attached hydrogens (tertiary/aromatic N) is 5. The zero-order valence-corrected chi connectivity index (χ0v) is 13.7. The number of hydrogen-bond acceptors (Lipinski definition) is 5. The Labute approximate surface area is 143 Å². The second-order valence-corrected chi connectivity index (χ2v) is 5.64. The number of rotatable bonds is 3. The Kier molecular flexibility index (Phi) is 3.61. The van der Waals surface area contributed by atoms with Gasteiger partial charge in [-0.05, 0) is 31.2 Å². The number of hydrogen-bond donors (Lipinski definition) is 1. The van der Waals surface area contributed by atoms with Crippen LogP contribution in [0, 0.1) is 12.7 Å². The lowest BCUT2D eigenvalue weighted by molar-refractivity contribution is 0.630. The van der Waals surface area contributed by atoms with Crippen LogP contribution in [0.25, 0.3) is 22.4 Å². The van der Waals surface area contributed by atoms with Gasteiger partial charge in [-0.15, -0.1) is 0 Å². The summed E-state index contributed by atoms with van der Waals surface area (Å²) in [4.78, 5) is 13.1. The number of aryl methyl sites for hydroxylation is 2. The minimum absolute atomic E-state index is 0.310. The summed E-state index contributed by atoms with van der Waals surface area (Å²) in [7, 11) is 1.81. The molecule has 0 spiro atoms. The molecule has 0 bridgehead atoms. The lowest BCUT2D eigenvalue weighted by Gasteiger charge is -2.10. The molecule has 0 aliphatic heterocycles. The number of fused-ring (bicyclic) bond motifs is 1. The average molecular weight is 334 g/mol. The Hall–Kier alpha value is -3.35. The van der Waals surface area contributed by atoms with Crippen LogP contribution in [0.4, 0.5) is 15.9 Å². The first-order valence-corrected chi connectivity index (χ1v) is 7.77. The van der Waals surface area contributed by atoms with Crippen LogP contribution in [0.1, 0.15) is 5.69 Å². The number of anilines is 2. The molecule has 0 saturated heterocycles. The third kappa shape index (κ3) is 2.69. The van der Waals surface area contributed by atoms with E-state index in [-0.39, 0.29) is 5.82 Å². The summed E-state index contributed by atoms with van der Waals surface area (Å²) in [5, 5.41) is 8.49. The van der Waals surface area contributed by atoms with Crippen LogP contribution in [-0.4, -0.2) is 24.7 Å². The molecule has 4 aromatic rings. The Morgan fingerprint density at radius 1 is 1.04 bits per heavy atom. The van der Waals surface area contributed by atoms with Gasteiger partial charge >= 0.3 is 0 Å². The fourth-order valence-corrected chi connectivity index (χ4v) is 2.76. The molecule has 3 heterocycles. The van der Waals surface area contributed by atoms with Crippen molar-refractivity contribution in [1.82, 2.24) is 24.7 Å². The molecular formula is C18H15FN6. The van der Waals surface area contributed by atoms with E-state index >= 15 is 0 Å². The first kappa shape index (κ1) is 15.2. The summed E-state index contributed by atoms with van der Waals surface area (Å²) in [6, 6.07) is 10.1. The molecule has 3 aromatic heterocycles. The smallest absolute Gasteiger partial charge is 0.166 e. The van der Waals surface area contributed by atoms with E-state index < -0.39 is 0 Å². The normalized spacial score (nSPS) is 11.0. The SMILES string of the molecule is Cc1nn(C)c2nc(-c3ccccc3F)nc(Nc3ccncc3)c12. The Morgan fingerprint density at radius 2 is 1.80 bits per heavy atom. The van der Waals surface area contributed by atoms with Gasteiger partial charge in [-0.3, -0.25) is 9.67 Å². The molecule has 25 heavy (non-hydrogen) atoms. The van der Waals surface area contributed by atoms with Gasteiger partial charge in [-0.1, -0.05) is 12.1 Å². The van der Waals surface area contributed by atoms with E-state index in [2.05, 4.69) is 25.4 Å². The molecule has 124 valence electrons. The Morgan fingerprint density at radius 3 is 2.56 bits per heavy atom. The monoisotopic (exact) mass is 334 g/mol. The van der Waals surface area contributed by atoms with Crippen molar-refractivity contribution in [2.45, 2.75) is 6.92 Å². The predicted octanol–water partition coefficient (Wildman–Crippen LogP) is 3.62. The first-order chi connectivity index (χ1) is 12.1. The van der Waals surface area contributed by atoms with Crippen molar-refractivity contribution in [2.24, 2.45) is 7.05 Å². The molecule has 7 heteroatoms. The molecule has 4 rings (SSSR count). The van der Waals surface area contributed by atoms with Crippen LogP contribution < -0.4 is 5.32 Å². The van der Waals surface area contributed by atoms with Crippen molar-refractivity contribution in [3.63, 3.8) is 0 Å². The van der Waals surface area contributed by atoms with E-state index in [0.717, 1.165) is 16.8 Å². The predicted molar refractivity (Wildman–Crippen MR) is 94.0 cm³/mol. The number of halogens is 1. The number of benzene rings is 1. The Bertz CT molecular complexity index is 1060. The number of nitrogens with one attached hydrogen (secondary N) is 1. The maximum Gasteiger partial charge on any atom is 0.166 e. The van der Waals surface area contributed by atoms with Crippen molar-refractivity contribution < 1.29 is 4.39 Å². The van der Waals surface area contributed by atoms with Gasteiger partial charge in [-0.25, -0.2) is 14.4 Å². The lowest BCUT2D eigenvalue weighted by atomic mass is 10.2. The van der Waals surface area contributed by atoms with Gasteiger partial charge in [0, 0.05) is 25.1 Å². The second kappa shape index (κ2) is 5.94. The highest BCUT2D eigenvalue weighted by Gasteiger charge is 2.17. The molecular weight excluding hydrogens is 319 g/mol. The molecule has 0 unspecified atom stereocenters. The maximum absolute atomic E-state index is 14.2. The molecule has 0 atom stereocenters. The zero-order valence-electron chi connectivity index (χ0n) is 13.7. The molecule has 1 aromatic carbocycles. The molecule has 0 radical (unpaired) electrons. The van der Waals surface area contributed by atoms with Crippen molar-refractivity contribution in [3.05, 3.63) is 60.3 Å². The van der Waals surface area contributed by atoms with E-state index in [1.165, 1.54) is 6.07 Å². The lowest BCUT2D eigenvalue weighted by Crippen LogP contribution is -2.01. The van der Waals surface area contributed by atoms with E-state index in [4.69, 9.17) is 0 Å². The fraction of sp³-hybridized carbons (Fsp3) is 0.111. The van der Waals surface area contributed by atoms with Gasteiger partial charge in [-0.2, -0.15) is 5.10 Å². The van der Waals surface area contributed by atoms with Gasteiger partial charge in [0.05, 0.1) is 16.6 Å². The first-order valence-electron chi connectivity index (χ1n) is 7.77. The highest BCUT2D eigenvalue weighted by molar-refractivity contribution is 5.92. The third-order valence-electron chi connectivity index (χ3n) is 3.92. The number of aromatic nitrogens is 5. The molecule has 0 amide bonds. The Balaban J connectivity index is 1.95. The third-order valence-corrected chi connectivity index (χ3v) is 3.92. The fourth-order valence-electron chi connectivity index (χ4n) is 2.76. The molecule has 0 aliphatic rings.